The lowest BCUT2D eigenvalue weighted by atomic mass is 10.1. The van der Waals surface area contributed by atoms with E-state index in [0.29, 0.717) is 19.5 Å². The highest BCUT2D eigenvalue weighted by molar-refractivity contribution is 5.73. The number of hydrogen-bond acceptors (Lipinski definition) is 3. The third kappa shape index (κ3) is 6.44. The number of amides is 2. The van der Waals surface area contributed by atoms with E-state index in [9.17, 15) is 9.59 Å². The van der Waals surface area contributed by atoms with Crippen LogP contribution in [0.1, 0.15) is 25.3 Å². The van der Waals surface area contributed by atoms with Crippen molar-refractivity contribution in [3.63, 3.8) is 0 Å². The van der Waals surface area contributed by atoms with Crippen molar-refractivity contribution < 1.29 is 14.7 Å². The van der Waals surface area contributed by atoms with Crippen LogP contribution >= 0.6 is 0 Å². The Morgan fingerprint density at radius 1 is 1.47 bits per heavy atom. The number of carboxylic acid groups (broad SMARTS) is 1. The zero-order valence-electron chi connectivity index (χ0n) is 11.2. The Kier molecular flexibility index (Phi) is 5.84. The smallest absolute Gasteiger partial charge is 0.315 e. The Labute approximate surface area is 112 Å². The molecule has 0 aliphatic heterocycles. The Hall–Kier alpha value is -2.05. The third-order valence-electron chi connectivity index (χ3n) is 2.67. The second-order valence-corrected chi connectivity index (χ2v) is 4.62. The Bertz CT molecular complexity index is 430. The molecule has 0 bridgehead atoms. The summed E-state index contributed by atoms with van der Waals surface area (Å²) in [5.74, 6) is -0.673. The summed E-state index contributed by atoms with van der Waals surface area (Å²) in [5, 5.41) is 18.0. The topological polar surface area (TPSA) is 96.2 Å². The van der Waals surface area contributed by atoms with Crippen molar-refractivity contribution in [2.75, 3.05) is 6.54 Å². The van der Waals surface area contributed by atoms with Crippen molar-refractivity contribution in [1.82, 2.24) is 20.4 Å². The first-order valence-corrected chi connectivity index (χ1v) is 6.18. The van der Waals surface area contributed by atoms with Gasteiger partial charge in [0.2, 0.25) is 0 Å². The van der Waals surface area contributed by atoms with Crippen LogP contribution in [0.15, 0.2) is 12.4 Å². The summed E-state index contributed by atoms with van der Waals surface area (Å²) in [4.78, 5) is 21.9. The second-order valence-electron chi connectivity index (χ2n) is 4.62. The summed E-state index contributed by atoms with van der Waals surface area (Å²) >= 11 is 0. The number of nitrogens with one attached hydrogen (secondary N) is 2. The number of hydrogen-bond donors (Lipinski definition) is 3. The largest absolute Gasteiger partial charge is 0.481 e. The molecule has 1 unspecified atom stereocenters. The lowest BCUT2D eigenvalue weighted by molar-refractivity contribution is -0.137. The van der Waals surface area contributed by atoms with Crippen LogP contribution in [0.4, 0.5) is 4.79 Å². The van der Waals surface area contributed by atoms with Gasteiger partial charge in [-0.3, -0.25) is 9.48 Å². The zero-order valence-corrected chi connectivity index (χ0v) is 11.2. The van der Waals surface area contributed by atoms with Gasteiger partial charge in [0.1, 0.15) is 0 Å². The third-order valence-corrected chi connectivity index (χ3v) is 2.67. The molecule has 106 valence electrons. The van der Waals surface area contributed by atoms with Gasteiger partial charge < -0.3 is 15.7 Å². The van der Waals surface area contributed by atoms with E-state index in [1.807, 2.05) is 20.2 Å². The van der Waals surface area contributed by atoms with Gasteiger partial charge in [0.15, 0.2) is 0 Å². The molecule has 19 heavy (non-hydrogen) atoms. The van der Waals surface area contributed by atoms with Crippen LogP contribution in [0.3, 0.4) is 0 Å². The van der Waals surface area contributed by atoms with Gasteiger partial charge in [-0.25, -0.2) is 4.79 Å². The first-order chi connectivity index (χ1) is 8.97. The molecule has 0 spiro atoms. The van der Waals surface area contributed by atoms with Crippen LogP contribution in [0.25, 0.3) is 0 Å². The van der Waals surface area contributed by atoms with Crippen LogP contribution in [0.5, 0.6) is 0 Å². The summed E-state index contributed by atoms with van der Waals surface area (Å²) in [6.45, 7) is 2.79. The average Bonchev–Trinajstić information content (AvgIpc) is 2.77. The van der Waals surface area contributed by atoms with Gasteiger partial charge in [0.05, 0.1) is 6.20 Å². The van der Waals surface area contributed by atoms with E-state index in [-0.39, 0.29) is 18.4 Å². The number of aliphatic carboxylic acids is 1. The van der Waals surface area contributed by atoms with Crippen molar-refractivity contribution in [2.45, 2.75) is 26.3 Å². The van der Waals surface area contributed by atoms with Gasteiger partial charge in [-0.15, -0.1) is 0 Å². The summed E-state index contributed by atoms with van der Waals surface area (Å²) in [7, 11) is 1.81. The van der Waals surface area contributed by atoms with Crippen molar-refractivity contribution in [2.24, 2.45) is 13.0 Å². The lowest BCUT2D eigenvalue weighted by Gasteiger charge is -2.11. The fourth-order valence-corrected chi connectivity index (χ4v) is 1.55. The van der Waals surface area contributed by atoms with E-state index < -0.39 is 5.97 Å². The molecule has 0 saturated heterocycles. The molecule has 1 rings (SSSR count). The molecule has 0 aliphatic rings. The molecule has 0 fully saturated rings. The molecule has 1 aromatic heterocycles. The number of carbonyl (C=O) groups is 2. The standard InChI is InChI=1S/C12H20N4O3/c1-9(3-4-11(17)18)5-13-12(19)14-6-10-7-15-16(2)8-10/h7-9H,3-6H2,1-2H3,(H,17,18)(H2,13,14,19). The van der Waals surface area contributed by atoms with E-state index in [2.05, 4.69) is 15.7 Å². The lowest BCUT2D eigenvalue weighted by Crippen LogP contribution is -2.37. The number of nitrogens with zero attached hydrogens (tertiary/aromatic N) is 2. The molecule has 7 nitrogen and oxygen atoms in total. The predicted octanol–water partition coefficient (Wildman–Crippen LogP) is 0.720. The highest BCUT2D eigenvalue weighted by Crippen LogP contribution is 2.03. The molecule has 1 atom stereocenters. The molecule has 0 aromatic carbocycles. The van der Waals surface area contributed by atoms with E-state index >= 15 is 0 Å². The van der Waals surface area contributed by atoms with Crippen LogP contribution in [0, 0.1) is 5.92 Å². The molecule has 1 heterocycles. The monoisotopic (exact) mass is 268 g/mol. The first kappa shape index (κ1) is 15.0. The van der Waals surface area contributed by atoms with Gasteiger partial charge in [0, 0.05) is 38.3 Å². The number of carbonyl (C=O) groups excluding carboxylic acids is 1. The molecule has 0 radical (unpaired) electrons. The number of rotatable bonds is 7. The highest BCUT2D eigenvalue weighted by atomic mass is 16.4. The molecule has 3 N–H and O–H groups in total. The van der Waals surface area contributed by atoms with Gasteiger partial charge in [-0.2, -0.15) is 5.10 Å². The molecular weight excluding hydrogens is 248 g/mol. The summed E-state index contributed by atoms with van der Waals surface area (Å²) in [6.07, 6.45) is 4.20. The molecule has 7 heteroatoms. The Morgan fingerprint density at radius 3 is 2.79 bits per heavy atom. The summed E-state index contributed by atoms with van der Waals surface area (Å²) < 4.78 is 1.67. The predicted molar refractivity (Wildman–Crippen MR) is 69.5 cm³/mol. The minimum Gasteiger partial charge on any atom is -0.481 e. The molecule has 0 aliphatic carbocycles. The zero-order chi connectivity index (χ0) is 14.3. The fourth-order valence-electron chi connectivity index (χ4n) is 1.55. The fraction of sp³-hybridized carbons (Fsp3) is 0.583. The van der Waals surface area contributed by atoms with E-state index in [0.717, 1.165) is 5.56 Å². The van der Waals surface area contributed by atoms with Crippen molar-refractivity contribution in [1.29, 1.82) is 0 Å². The Balaban J connectivity index is 2.15. The minimum absolute atomic E-state index is 0.125. The first-order valence-electron chi connectivity index (χ1n) is 6.18. The maximum atomic E-state index is 11.5. The number of aryl methyl sites for hydroxylation is 1. The van der Waals surface area contributed by atoms with Crippen LogP contribution < -0.4 is 10.6 Å². The van der Waals surface area contributed by atoms with Crippen LogP contribution in [-0.2, 0) is 18.4 Å². The number of aromatic nitrogens is 2. The Morgan fingerprint density at radius 2 is 2.21 bits per heavy atom. The van der Waals surface area contributed by atoms with Gasteiger partial charge in [-0.05, 0) is 12.3 Å². The second kappa shape index (κ2) is 7.40. The normalized spacial score (nSPS) is 11.9. The maximum Gasteiger partial charge on any atom is 0.315 e. The molecule has 2 amide bonds. The number of carboxylic acids is 1. The van der Waals surface area contributed by atoms with Crippen LogP contribution in [-0.4, -0.2) is 33.4 Å². The maximum absolute atomic E-state index is 11.5. The van der Waals surface area contributed by atoms with Crippen molar-refractivity contribution >= 4 is 12.0 Å². The van der Waals surface area contributed by atoms with Crippen molar-refractivity contribution in [3.8, 4) is 0 Å². The molecule has 1 aromatic rings. The van der Waals surface area contributed by atoms with Gasteiger partial charge in [-0.1, -0.05) is 6.92 Å². The summed E-state index contributed by atoms with van der Waals surface area (Å²) in [5.41, 5.74) is 0.927. The highest BCUT2D eigenvalue weighted by Gasteiger charge is 2.07. The van der Waals surface area contributed by atoms with E-state index in [4.69, 9.17) is 5.11 Å². The van der Waals surface area contributed by atoms with E-state index in [1.54, 1.807) is 10.9 Å². The molecule has 0 saturated carbocycles. The summed E-state index contributed by atoms with van der Waals surface area (Å²) in [6, 6.07) is -0.258. The van der Waals surface area contributed by atoms with Gasteiger partial charge in [0.25, 0.3) is 0 Å². The van der Waals surface area contributed by atoms with Crippen LogP contribution in [0.2, 0.25) is 0 Å². The molecular formula is C12H20N4O3. The average molecular weight is 268 g/mol. The SMILES string of the molecule is CC(CCC(=O)O)CNC(=O)NCc1cnn(C)c1. The van der Waals surface area contributed by atoms with E-state index in [1.165, 1.54) is 0 Å². The van der Waals surface area contributed by atoms with Gasteiger partial charge >= 0.3 is 12.0 Å². The minimum atomic E-state index is -0.812. The quantitative estimate of drug-likeness (QED) is 0.679. The van der Waals surface area contributed by atoms with Crippen molar-refractivity contribution in [3.05, 3.63) is 18.0 Å². The number of urea groups is 1.